The highest BCUT2D eigenvalue weighted by Crippen LogP contribution is 2.35. The van der Waals surface area contributed by atoms with E-state index >= 15 is 0 Å². The molecule has 0 bridgehead atoms. The van der Waals surface area contributed by atoms with Crippen molar-refractivity contribution >= 4 is 40.1 Å². The molecule has 0 atom stereocenters. The molecule has 0 aliphatic carbocycles. The zero-order valence-corrected chi connectivity index (χ0v) is 19.3. The molecule has 0 radical (unpaired) electrons. The third kappa shape index (κ3) is 7.54. The Labute approximate surface area is 196 Å². The molecule has 33 heavy (non-hydrogen) atoms. The number of ether oxygens (including phenoxy) is 3. The fourth-order valence-corrected chi connectivity index (χ4v) is 3.33. The van der Waals surface area contributed by atoms with Crippen LogP contribution in [-0.4, -0.2) is 54.4 Å². The quantitative estimate of drug-likeness (QED) is 0.302. The molecule has 0 spiro atoms. The summed E-state index contributed by atoms with van der Waals surface area (Å²) in [6.45, 7) is 1.05. The first-order valence-electron chi connectivity index (χ1n) is 9.75. The van der Waals surface area contributed by atoms with Gasteiger partial charge in [-0.05, 0) is 24.3 Å². The van der Waals surface area contributed by atoms with Crippen LogP contribution in [0.4, 0.5) is 11.5 Å². The maximum absolute atomic E-state index is 10.5. The van der Waals surface area contributed by atoms with E-state index in [1.807, 2.05) is 30.3 Å². The maximum Gasteiger partial charge on any atom is 0.163 e. The zero-order chi connectivity index (χ0) is 22.8. The van der Waals surface area contributed by atoms with Crippen LogP contribution in [0.1, 0.15) is 5.56 Å². The standard InChI is InChI=1S/C23H23N3O5S.H3N/c1-3-16-5-4-6-17(11-16)26-23-18-12-20(30-8-7-29-2)21(13-19(18)24-15-25-23)31-9-10-32-14-22(27)28;/h1,4-6,11-13,15H,7-10,14H2,2H3,(H,27,28)(H,24,25,26);1H3. The molecule has 0 aliphatic heterocycles. The van der Waals surface area contributed by atoms with Crippen LogP contribution < -0.4 is 26.0 Å². The second-order valence-corrected chi connectivity index (χ2v) is 7.61. The summed E-state index contributed by atoms with van der Waals surface area (Å²) in [5, 5.41) is 14.6. The van der Waals surface area contributed by atoms with Gasteiger partial charge in [-0.3, -0.25) is 0 Å². The second-order valence-electron chi connectivity index (χ2n) is 6.50. The van der Waals surface area contributed by atoms with E-state index in [2.05, 4.69) is 21.2 Å². The first-order chi connectivity index (χ1) is 15.6. The number of benzene rings is 2. The third-order valence-corrected chi connectivity index (χ3v) is 5.14. The fraction of sp³-hybridized carbons (Fsp3) is 0.261. The molecular weight excluding hydrogens is 444 g/mol. The number of carboxylic acid groups (broad SMARTS) is 1. The van der Waals surface area contributed by atoms with Crippen LogP contribution >= 0.6 is 11.8 Å². The van der Waals surface area contributed by atoms with Crippen molar-refractivity contribution in [3.63, 3.8) is 0 Å². The minimum Gasteiger partial charge on any atom is -0.549 e. The normalized spacial score (nSPS) is 10.2. The van der Waals surface area contributed by atoms with E-state index in [4.69, 9.17) is 20.6 Å². The van der Waals surface area contributed by atoms with Gasteiger partial charge in [-0.15, -0.1) is 6.42 Å². The second kappa shape index (κ2) is 13.1. The molecule has 10 heteroatoms. The van der Waals surface area contributed by atoms with Crippen molar-refractivity contribution in [3.8, 4) is 23.8 Å². The molecule has 5 N–H and O–H groups in total. The highest BCUT2D eigenvalue weighted by Gasteiger charge is 2.13. The van der Waals surface area contributed by atoms with Gasteiger partial charge < -0.3 is 35.6 Å². The number of anilines is 2. The van der Waals surface area contributed by atoms with Gasteiger partial charge in [0.15, 0.2) is 11.5 Å². The summed E-state index contributed by atoms with van der Waals surface area (Å²) in [7, 11) is 1.59. The van der Waals surface area contributed by atoms with E-state index in [1.165, 1.54) is 18.1 Å². The minimum absolute atomic E-state index is 0. The van der Waals surface area contributed by atoms with Gasteiger partial charge in [0.25, 0.3) is 0 Å². The Morgan fingerprint density at radius 2 is 1.94 bits per heavy atom. The van der Waals surface area contributed by atoms with Gasteiger partial charge in [0.2, 0.25) is 0 Å². The zero-order valence-electron chi connectivity index (χ0n) is 18.5. The number of carboxylic acids is 1. The highest BCUT2D eigenvalue weighted by atomic mass is 32.2. The molecule has 0 unspecified atom stereocenters. The summed E-state index contributed by atoms with van der Waals surface area (Å²) >= 11 is 1.22. The monoisotopic (exact) mass is 470 g/mol. The predicted octanol–water partition coefficient (Wildman–Crippen LogP) is 2.62. The lowest BCUT2D eigenvalue weighted by atomic mass is 10.2. The topological polar surface area (TPSA) is 142 Å². The van der Waals surface area contributed by atoms with Crippen LogP contribution in [0, 0.1) is 12.3 Å². The predicted molar refractivity (Wildman–Crippen MR) is 128 cm³/mol. The Morgan fingerprint density at radius 3 is 2.70 bits per heavy atom. The Bertz CT molecular complexity index is 1120. The SMILES string of the molecule is C#Cc1cccc(Nc2ncnc3cc(OCCSCC(=O)[O-])c(OCCOC)cc23)c1.[NH4+]. The molecule has 0 aliphatic rings. The number of hydrogen-bond donors (Lipinski definition) is 2. The smallest absolute Gasteiger partial charge is 0.163 e. The minimum atomic E-state index is -1.10. The molecule has 1 heterocycles. The fourth-order valence-electron chi connectivity index (χ4n) is 2.81. The van der Waals surface area contributed by atoms with Gasteiger partial charge in [-0.2, -0.15) is 11.8 Å². The van der Waals surface area contributed by atoms with Crippen LogP contribution in [0.2, 0.25) is 0 Å². The largest absolute Gasteiger partial charge is 0.549 e. The van der Waals surface area contributed by atoms with Crippen molar-refractivity contribution in [1.29, 1.82) is 0 Å². The Hall–Kier alpha value is -3.52. The van der Waals surface area contributed by atoms with E-state index in [0.29, 0.717) is 48.4 Å². The van der Waals surface area contributed by atoms with Crippen molar-refractivity contribution in [1.82, 2.24) is 16.1 Å². The number of aromatic nitrogens is 2. The third-order valence-electron chi connectivity index (χ3n) is 4.24. The number of rotatable bonds is 12. The van der Waals surface area contributed by atoms with Crippen molar-refractivity contribution in [2.75, 3.05) is 43.8 Å². The number of nitrogens with zero attached hydrogens (tertiary/aromatic N) is 2. The van der Waals surface area contributed by atoms with Crippen LogP contribution in [0.15, 0.2) is 42.7 Å². The summed E-state index contributed by atoms with van der Waals surface area (Å²) in [5.41, 5.74) is 2.21. The molecule has 9 nitrogen and oxygen atoms in total. The van der Waals surface area contributed by atoms with Gasteiger partial charge in [0.1, 0.15) is 18.8 Å². The number of carbonyl (C=O) groups excluding carboxylic acids is 1. The summed E-state index contributed by atoms with van der Waals surface area (Å²) in [6, 6.07) is 11.0. The average Bonchev–Trinajstić information content (AvgIpc) is 2.79. The number of methoxy groups -OCH3 is 1. The lowest BCUT2D eigenvalue weighted by Crippen LogP contribution is -2.24. The van der Waals surface area contributed by atoms with Gasteiger partial charge >= 0.3 is 0 Å². The molecule has 3 aromatic rings. The van der Waals surface area contributed by atoms with Gasteiger partial charge in [-0.1, -0.05) is 12.0 Å². The Balaban J connectivity index is 0.00000385. The first-order valence-corrected chi connectivity index (χ1v) is 10.9. The van der Waals surface area contributed by atoms with Gasteiger partial charge in [0, 0.05) is 41.3 Å². The average molecular weight is 471 g/mol. The number of terminal acetylenes is 1. The first kappa shape index (κ1) is 25.7. The van der Waals surface area contributed by atoms with E-state index in [9.17, 15) is 9.90 Å². The maximum atomic E-state index is 10.5. The van der Waals surface area contributed by atoms with E-state index in [-0.39, 0.29) is 11.9 Å². The van der Waals surface area contributed by atoms with Crippen molar-refractivity contribution < 1.29 is 24.1 Å². The number of quaternary nitrogens is 1. The molecule has 0 saturated carbocycles. The molecule has 0 amide bonds. The molecule has 3 rings (SSSR count). The number of fused-ring (bicyclic) bond motifs is 1. The summed E-state index contributed by atoms with van der Waals surface area (Å²) in [5.74, 6) is 3.52. The summed E-state index contributed by atoms with van der Waals surface area (Å²) in [4.78, 5) is 19.3. The molecule has 0 saturated heterocycles. The summed E-state index contributed by atoms with van der Waals surface area (Å²) in [6.07, 6.45) is 6.95. The van der Waals surface area contributed by atoms with Crippen molar-refractivity contribution in [2.45, 2.75) is 0 Å². The van der Waals surface area contributed by atoms with Crippen molar-refractivity contribution in [2.24, 2.45) is 0 Å². The summed E-state index contributed by atoms with van der Waals surface area (Å²) < 4.78 is 16.8. The molecular formula is C23H26N4O5S. The molecule has 1 aromatic heterocycles. The van der Waals surface area contributed by atoms with Crippen LogP contribution in [0.3, 0.4) is 0 Å². The van der Waals surface area contributed by atoms with Gasteiger partial charge in [-0.25, -0.2) is 9.97 Å². The number of hydrogen-bond acceptors (Lipinski definition) is 9. The molecule has 2 aromatic carbocycles. The van der Waals surface area contributed by atoms with Crippen molar-refractivity contribution in [3.05, 3.63) is 48.3 Å². The van der Waals surface area contributed by atoms with E-state index in [0.717, 1.165) is 16.6 Å². The van der Waals surface area contributed by atoms with Crippen LogP contribution in [0.5, 0.6) is 11.5 Å². The Morgan fingerprint density at radius 1 is 1.15 bits per heavy atom. The Kier molecular flexibility index (Phi) is 10.2. The number of aliphatic carboxylic acids is 1. The molecule has 0 fully saturated rings. The lowest BCUT2D eigenvalue weighted by molar-refractivity contribution is -0.301. The van der Waals surface area contributed by atoms with Gasteiger partial charge in [0.05, 0.1) is 24.7 Å². The lowest BCUT2D eigenvalue weighted by Gasteiger charge is -2.15. The number of carbonyl (C=O) groups is 1. The number of thioether (sulfide) groups is 1. The van der Waals surface area contributed by atoms with Crippen LogP contribution in [0.25, 0.3) is 10.9 Å². The van der Waals surface area contributed by atoms with E-state index < -0.39 is 5.97 Å². The van der Waals surface area contributed by atoms with Crippen LogP contribution in [-0.2, 0) is 9.53 Å². The molecule has 174 valence electrons. The highest BCUT2D eigenvalue weighted by molar-refractivity contribution is 7.99. The van der Waals surface area contributed by atoms with E-state index in [1.54, 1.807) is 13.2 Å². The number of nitrogens with one attached hydrogen (secondary N) is 1.